The third kappa shape index (κ3) is 3.36. The van der Waals surface area contributed by atoms with Crippen molar-refractivity contribution in [3.05, 3.63) is 83.9 Å². The molecule has 4 heteroatoms. The molecule has 0 spiro atoms. The largest absolute Gasteiger partial charge is 0.372 e. The predicted octanol–water partition coefficient (Wildman–Crippen LogP) is 5.63. The van der Waals surface area contributed by atoms with E-state index in [1.807, 2.05) is 30.7 Å². The molecule has 5 rings (SSSR count). The summed E-state index contributed by atoms with van der Waals surface area (Å²) in [5.41, 5.74) is 6.73. The van der Waals surface area contributed by atoms with Crippen LogP contribution in [-0.4, -0.2) is 28.4 Å². The Morgan fingerprint density at radius 2 is 1.73 bits per heavy atom. The molecule has 2 aliphatic heterocycles. The molecule has 2 aromatic carbocycles. The van der Waals surface area contributed by atoms with Crippen molar-refractivity contribution in [2.24, 2.45) is 0 Å². The highest BCUT2D eigenvalue weighted by Gasteiger charge is 2.31. The maximum Gasteiger partial charge on any atom is 0.165 e. The third-order valence-electron chi connectivity index (χ3n) is 6.50. The summed E-state index contributed by atoms with van der Waals surface area (Å²) in [5, 5.41) is 0. The predicted molar refractivity (Wildman–Crippen MR) is 122 cm³/mol. The number of anilines is 1. The maximum absolute atomic E-state index is 13.2. The molecule has 0 amide bonds. The summed E-state index contributed by atoms with van der Waals surface area (Å²) in [6.07, 6.45) is 8.02. The first-order chi connectivity index (χ1) is 14.7. The van der Waals surface area contributed by atoms with Gasteiger partial charge in [0, 0.05) is 30.8 Å². The lowest BCUT2D eigenvalue weighted by molar-refractivity contribution is 0.0972. The molecule has 3 aromatic rings. The van der Waals surface area contributed by atoms with Crippen molar-refractivity contribution in [3.63, 3.8) is 0 Å². The van der Waals surface area contributed by atoms with Crippen LogP contribution in [0.25, 0.3) is 11.1 Å². The van der Waals surface area contributed by atoms with Crippen LogP contribution in [0.3, 0.4) is 0 Å². The highest BCUT2D eigenvalue weighted by Crippen LogP contribution is 2.44. The number of hydrogen-bond donors (Lipinski definition) is 0. The monoisotopic (exact) mass is 397 g/mol. The Morgan fingerprint density at radius 3 is 2.47 bits per heavy atom. The van der Waals surface area contributed by atoms with Gasteiger partial charge in [0.25, 0.3) is 0 Å². The zero-order valence-electron chi connectivity index (χ0n) is 17.4. The highest BCUT2D eigenvalue weighted by atomic mass is 16.1. The Bertz CT molecular complexity index is 1070. The number of carbonyl (C=O) groups excluding carboxylic acids is 1. The van der Waals surface area contributed by atoms with Gasteiger partial charge in [-0.25, -0.2) is 4.98 Å². The molecule has 3 heterocycles. The van der Waals surface area contributed by atoms with Gasteiger partial charge in [0.05, 0.1) is 24.3 Å². The van der Waals surface area contributed by atoms with Crippen molar-refractivity contribution in [2.45, 2.75) is 38.6 Å². The molecule has 1 aromatic heterocycles. The summed E-state index contributed by atoms with van der Waals surface area (Å²) in [5.74, 6) is 0.174. The van der Waals surface area contributed by atoms with E-state index < -0.39 is 0 Å². The lowest BCUT2D eigenvalue weighted by atomic mass is 9.91. The fourth-order valence-corrected chi connectivity index (χ4v) is 4.90. The van der Waals surface area contributed by atoms with Gasteiger partial charge in [-0.1, -0.05) is 30.3 Å². The number of ketones is 1. The van der Waals surface area contributed by atoms with E-state index in [0.717, 1.165) is 24.3 Å². The number of aromatic nitrogens is 2. The van der Waals surface area contributed by atoms with E-state index in [-0.39, 0.29) is 11.8 Å². The van der Waals surface area contributed by atoms with Crippen molar-refractivity contribution in [1.29, 1.82) is 0 Å². The van der Waals surface area contributed by atoms with Gasteiger partial charge in [0.2, 0.25) is 0 Å². The quantitative estimate of drug-likeness (QED) is 0.524. The Labute approximate surface area is 177 Å². The van der Waals surface area contributed by atoms with Crippen molar-refractivity contribution < 1.29 is 4.79 Å². The van der Waals surface area contributed by atoms with Crippen LogP contribution in [0.15, 0.2) is 67.1 Å². The number of carbonyl (C=O) groups is 1. The Hall–Kier alpha value is -3.14. The minimum atomic E-state index is -0.0147. The molecule has 30 heavy (non-hydrogen) atoms. The zero-order chi connectivity index (χ0) is 20.5. The van der Waals surface area contributed by atoms with Crippen LogP contribution in [-0.2, 0) is 0 Å². The lowest BCUT2D eigenvalue weighted by Crippen LogP contribution is -2.29. The molecular weight excluding hydrogens is 370 g/mol. The summed E-state index contributed by atoms with van der Waals surface area (Å²) in [6.45, 7) is 4.36. The molecule has 0 bridgehead atoms. The number of Topliss-reactive ketones (excluding diaryl/α,β-unsaturated/α-hetero) is 1. The second-order valence-electron chi connectivity index (χ2n) is 8.33. The van der Waals surface area contributed by atoms with Crippen LogP contribution < -0.4 is 4.90 Å². The standard InChI is InChI=1S/C26H27N3O/c1-19-24-17-27-18-29(24)23(26(19)21-8-4-2-5-9-21)16-25(30)20-10-12-22(13-11-20)28-14-6-3-7-15-28/h2,4-5,8-13,17-18,23H,3,6-7,14-16H2,1H3. The van der Waals surface area contributed by atoms with E-state index in [9.17, 15) is 4.79 Å². The van der Waals surface area contributed by atoms with Crippen molar-refractivity contribution in [3.8, 4) is 0 Å². The topological polar surface area (TPSA) is 38.1 Å². The SMILES string of the molecule is CC1=C(c2ccccc2)C(CC(=O)c2ccc(N3CCCCC3)cc2)n2cncc21. The minimum Gasteiger partial charge on any atom is -0.372 e. The van der Waals surface area contributed by atoms with E-state index in [2.05, 4.69) is 57.8 Å². The number of benzene rings is 2. The van der Waals surface area contributed by atoms with E-state index in [4.69, 9.17) is 0 Å². The van der Waals surface area contributed by atoms with Gasteiger partial charge >= 0.3 is 0 Å². The van der Waals surface area contributed by atoms with E-state index in [1.54, 1.807) is 0 Å². The smallest absolute Gasteiger partial charge is 0.165 e. The molecular formula is C26H27N3O. The summed E-state index contributed by atoms with van der Waals surface area (Å²) < 4.78 is 2.15. The number of allylic oxidation sites excluding steroid dienone is 2. The minimum absolute atomic E-state index is 0.0147. The molecule has 0 aliphatic carbocycles. The number of piperidine rings is 1. The molecule has 1 saturated heterocycles. The van der Waals surface area contributed by atoms with Crippen LogP contribution in [0.4, 0.5) is 5.69 Å². The van der Waals surface area contributed by atoms with Crippen molar-refractivity contribution in [2.75, 3.05) is 18.0 Å². The van der Waals surface area contributed by atoms with Crippen molar-refractivity contribution >= 4 is 22.6 Å². The Kier molecular flexibility index (Phi) is 4.99. The van der Waals surface area contributed by atoms with Crippen molar-refractivity contribution in [1.82, 2.24) is 9.55 Å². The van der Waals surface area contributed by atoms with Crippen LogP contribution in [0.1, 0.15) is 60.3 Å². The van der Waals surface area contributed by atoms with Gasteiger partial charge in [-0.2, -0.15) is 0 Å². The average molecular weight is 398 g/mol. The molecule has 4 nitrogen and oxygen atoms in total. The molecule has 1 unspecified atom stereocenters. The second-order valence-corrected chi connectivity index (χ2v) is 8.33. The van der Waals surface area contributed by atoms with Gasteiger partial charge in [-0.3, -0.25) is 4.79 Å². The molecule has 0 radical (unpaired) electrons. The maximum atomic E-state index is 13.2. The Balaban J connectivity index is 1.39. The molecule has 0 N–H and O–H groups in total. The van der Waals surface area contributed by atoms with Crippen LogP contribution >= 0.6 is 0 Å². The number of imidazole rings is 1. The number of fused-ring (bicyclic) bond motifs is 1. The van der Waals surface area contributed by atoms with Gasteiger partial charge in [-0.05, 0) is 67.2 Å². The highest BCUT2D eigenvalue weighted by molar-refractivity contribution is 6.01. The van der Waals surface area contributed by atoms with Gasteiger partial charge in [0.1, 0.15) is 0 Å². The van der Waals surface area contributed by atoms with E-state index >= 15 is 0 Å². The summed E-state index contributed by atoms with van der Waals surface area (Å²) >= 11 is 0. The third-order valence-corrected chi connectivity index (χ3v) is 6.50. The Morgan fingerprint density at radius 1 is 1.00 bits per heavy atom. The van der Waals surface area contributed by atoms with Crippen LogP contribution in [0.2, 0.25) is 0 Å². The first-order valence-electron chi connectivity index (χ1n) is 10.9. The second kappa shape index (κ2) is 7.94. The molecule has 152 valence electrons. The first-order valence-corrected chi connectivity index (χ1v) is 10.9. The molecule has 2 aliphatic rings. The van der Waals surface area contributed by atoms with Gasteiger partial charge in [0.15, 0.2) is 5.78 Å². The van der Waals surface area contributed by atoms with E-state index in [1.165, 1.54) is 41.7 Å². The summed E-state index contributed by atoms with van der Waals surface area (Å²) in [6, 6.07) is 18.6. The number of nitrogens with zero attached hydrogens (tertiary/aromatic N) is 3. The fraction of sp³-hybridized carbons (Fsp3) is 0.308. The van der Waals surface area contributed by atoms with Gasteiger partial charge < -0.3 is 9.47 Å². The summed E-state index contributed by atoms with van der Waals surface area (Å²) in [4.78, 5) is 20.0. The van der Waals surface area contributed by atoms with Gasteiger partial charge in [-0.15, -0.1) is 0 Å². The average Bonchev–Trinajstić information content (AvgIpc) is 3.38. The lowest BCUT2D eigenvalue weighted by Gasteiger charge is -2.28. The number of hydrogen-bond acceptors (Lipinski definition) is 3. The fourth-order valence-electron chi connectivity index (χ4n) is 4.90. The normalized spacial score (nSPS) is 18.6. The molecule has 1 fully saturated rings. The molecule has 1 atom stereocenters. The van der Waals surface area contributed by atoms with E-state index in [0.29, 0.717) is 6.42 Å². The first kappa shape index (κ1) is 18.9. The van der Waals surface area contributed by atoms with Crippen LogP contribution in [0.5, 0.6) is 0 Å². The van der Waals surface area contributed by atoms with Crippen LogP contribution in [0, 0.1) is 0 Å². The number of rotatable bonds is 5. The molecule has 0 saturated carbocycles. The summed E-state index contributed by atoms with van der Waals surface area (Å²) in [7, 11) is 0. The zero-order valence-corrected chi connectivity index (χ0v) is 17.4.